The van der Waals surface area contributed by atoms with Crippen LogP contribution in [0.3, 0.4) is 0 Å². The van der Waals surface area contributed by atoms with Crippen LogP contribution in [0.15, 0.2) is 23.1 Å². The van der Waals surface area contributed by atoms with Crippen molar-refractivity contribution < 1.29 is 4.79 Å². The quantitative estimate of drug-likeness (QED) is 0.825. The summed E-state index contributed by atoms with van der Waals surface area (Å²) in [4.78, 5) is 12.2. The molecule has 0 bridgehead atoms. The van der Waals surface area contributed by atoms with Crippen molar-refractivity contribution in [1.29, 1.82) is 0 Å². The van der Waals surface area contributed by atoms with Crippen LogP contribution in [-0.2, 0) is 17.6 Å². The summed E-state index contributed by atoms with van der Waals surface area (Å²) in [5.41, 5.74) is 13.3. The fourth-order valence-corrected chi connectivity index (χ4v) is 2.91. The third-order valence-corrected chi connectivity index (χ3v) is 4.00. The molecule has 0 radical (unpaired) electrons. The lowest BCUT2D eigenvalue weighted by Crippen LogP contribution is -2.38. The zero-order valence-electron chi connectivity index (χ0n) is 9.11. The number of nitrogens with two attached hydrogens (primary N) is 2. The van der Waals surface area contributed by atoms with Gasteiger partial charge in [-0.15, -0.1) is 11.8 Å². The van der Waals surface area contributed by atoms with Gasteiger partial charge in [0.1, 0.15) is 0 Å². The number of carbonyl (C=O) groups is 1. The smallest absolute Gasteiger partial charge is 0.234 e. The predicted octanol–water partition coefficient (Wildman–Crippen LogP) is 1.08. The van der Waals surface area contributed by atoms with Gasteiger partial charge in [-0.1, -0.05) is 12.1 Å². The van der Waals surface area contributed by atoms with Crippen molar-refractivity contribution in [1.82, 2.24) is 0 Å². The van der Waals surface area contributed by atoms with Crippen LogP contribution in [0.4, 0.5) is 0 Å². The molecule has 2 rings (SSSR count). The van der Waals surface area contributed by atoms with Gasteiger partial charge in [-0.3, -0.25) is 4.79 Å². The van der Waals surface area contributed by atoms with E-state index in [9.17, 15) is 4.79 Å². The van der Waals surface area contributed by atoms with E-state index in [2.05, 4.69) is 12.1 Å². The van der Waals surface area contributed by atoms with E-state index in [1.807, 2.05) is 17.8 Å². The van der Waals surface area contributed by atoms with Crippen molar-refractivity contribution in [2.24, 2.45) is 11.5 Å². The summed E-state index contributed by atoms with van der Waals surface area (Å²) in [7, 11) is 0. The van der Waals surface area contributed by atoms with Crippen molar-refractivity contribution in [3.8, 4) is 0 Å². The minimum Gasteiger partial charge on any atom is -0.368 e. The Kier molecular flexibility index (Phi) is 3.51. The Morgan fingerprint density at radius 2 is 2.31 bits per heavy atom. The molecule has 1 aromatic carbocycles. The molecule has 0 saturated heterocycles. The van der Waals surface area contributed by atoms with Gasteiger partial charge in [0.25, 0.3) is 0 Å². The van der Waals surface area contributed by atoms with Gasteiger partial charge in [0, 0.05) is 4.90 Å². The summed E-state index contributed by atoms with van der Waals surface area (Å²) >= 11 is 1.90. The van der Waals surface area contributed by atoms with Gasteiger partial charge in [0.2, 0.25) is 5.91 Å². The molecule has 1 aliphatic heterocycles. The third kappa shape index (κ3) is 2.57. The lowest BCUT2D eigenvalue weighted by Gasteiger charge is -2.16. The second-order valence-electron chi connectivity index (χ2n) is 4.11. The summed E-state index contributed by atoms with van der Waals surface area (Å²) in [6, 6.07) is 5.75. The topological polar surface area (TPSA) is 69.1 Å². The molecule has 0 fully saturated rings. The molecule has 16 heavy (non-hydrogen) atoms. The van der Waals surface area contributed by atoms with Crippen LogP contribution in [0, 0.1) is 0 Å². The number of hydrogen-bond donors (Lipinski definition) is 2. The van der Waals surface area contributed by atoms with E-state index in [0.29, 0.717) is 6.42 Å². The molecule has 0 aromatic heterocycles. The molecule has 3 nitrogen and oxygen atoms in total. The average molecular weight is 236 g/mol. The Labute approximate surface area is 99.6 Å². The molecule has 0 aliphatic carbocycles. The van der Waals surface area contributed by atoms with Crippen LogP contribution in [-0.4, -0.2) is 17.7 Å². The van der Waals surface area contributed by atoms with Crippen molar-refractivity contribution in [2.75, 3.05) is 5.75 Å². The number of hydrogen-bond acceptors (Lipinski definition) is 3. The highest BCUT2D eigenvalue weighted by atomic mass is 32.2. The van der Waals surface area contributed by atoms with Gasteiger partial charge in [0.05, 0.1) is 6.04 Å². The highest BCUT2D eigenvalue weighted by Crippen LogP contribution is 2.30. The Hall–Kier alpha value is -1.00. The summed E-state index contributed by atoms with van der Waals surface area (Å²) in [5, 5.41) is 0. The number of amides is 1. The Balaban J connectivity index is 2.14. The normalized spacial score (nSPS) is 16.6. The highest BCUT2D eigenvalue weighted by Gasteiger charge is 2.13. The van der Waals surface area contributed by atoms with Crippen molar-refractivity contribution in [3.05, 3.63) is 29.3 Å². The molecule has 4 heteroatoms. The lowest BCUT2D eigenvalue weighted by atomic mass is 10.0. The van der Waals surface area contributed by atoms with Crippen LogP contribution >= 0.6 is 11.8 Å². The monoisotopic (exact) mass is 236 g/mol. The first kappa shape index (κ1) is 11.5. The van der Waals surface area contributed by atoms with E-state index in [0.717, 1.165) is 12.0 Å². The molecular weight excluding hydrogens is 220 g/mol. The SMILES string of the molecule is NC(=O)C(N)Cc1ccc2c(c1)CCCS2. The summed E-state index contributed by atoms with van der Waals surface area (Å²) in [6.45, 7) is 0. The fraction of sp³-hybridized carbons (Fsp3) is 0.417. The van der Waals surface area contributed by atoms with Gasteiger partial charge in [-0.2, -0.15) is 0 Å². The van der Waals surface area contributed by atoms with Crippen LogP contribution in [0.2, 0.25) is 0 Å². The molecule has 0 spiro atoms. The molecule has 1 amide bonds. The Morgan fingerprint density at radius 3 is 3.06 bits per heavy atom. The molecular formula is C12H16N2OS. The number of aryl methyl sites for hydroxylation is 1. The number of benzene rings is 1. The Bertz CT molecular complexity index is 406. The van der Waals surface area contributed by atoms with Crippen molar-refractivity contribution in [3.63, 3.8) is 0 Å². The Morgan fingerprint density at radius 1 is 1.50 bits per heavy atom. The van der Waals surface area contributed by atoms with Crippen molar-refractivity contribution in [2.45, 2.75) is 30.2 Å². The fourth-order valence-electron chi connectivity index (χ4n) is 1.90. The minimum atomic E-state index is -0.575. The molecule has 86 valence electrons. The first-order valence-electron chi connectivity index (χ1n) is 5.46. The van der Waals surface area contributed by atoms with Gasteiger partial charge < -0.3 is 11.5 Å². The van der Waals surface area contributed by atoms with Crippen LogP contribution < -0.4 is 11.5 Å². The minimum absolute atomic E-state index is 0.438. The maximum absolute atomic E-state index is 10.9. The van der Waals surface area contributed by atoms with Crippen LogP contribution in [0.25, 0.3) is 0 Å². The van der Waals surface area contributed by atoms with Gasteiger partial charge in [-0.05, 0) is 42.2 Å². The number of rotatable bonds is 3. The second kappa shape index (κ2) is 4.89. The maximum atomic E-state index is 10.9. The lowest BCUT2D eigenvalue weighted by molar-refractivity contribution is -0.119. The number of thioether (sulfide) groups is 1. The molecule has 1 heterocycles. The standard InChI is InChI=1S/C12H16N2OS/c13-10(12(14)15)7-8-3-4-11-9(6-8)2-1-5-16-11/h3-4,6,10H,1-2,5,7,13H2,(H2,14,15). The van der Waals surface area contributed by atoms with Crippen LogP contribution in [0.5, 0.6) is 0 Å². The van der Waals surface area contributed by atoms with Gasteiger partial charge in [-0.25, -0.2) is 0 Å². The average Bonchev–Trinajstić information content (AvgIpc) is 2.28. The van der Waals surface area contributed by atoms with E-state index in [1.165, 1.54) is 22.6 Å². The largest absolute Gasteiger partial charge is 0.368 e. The predicted molar refractivity (Wildman–Crippen MR) is 66.4 cm³/mol. The first-order valence-corrected chi connectivity index (χ1v) is 6.45. The van der Waals surface area contributed by atoms with Crippen molar-refractivity contribution >= 4 is 17.7 Å². The molecule has 4 N–H and O–H groups in total. The molecule has 1 aliphatic rings. The maximum Gasteiger partial charge on any atom is 0.234 e. The van der Waals surface area contributed by atoms with E-state index >= 15 is 0 Å². The molecule has 1 aromatic rings. The number of fused-ring (bicyclic) bond motifs is 1. The number of carbonyl (C=O) groups excluding carboxylic acids is 1. The van der Waals surface area contributed by atoms with E-state index in [1.54, 1.807) is 0 Å². The molecule has 0 saturated carbocycles. The summed E-state index contributed by atoms with van der Waals surface area (Å²) in [5.74, 6) is 0.764. The second-order valence-corrected chi connectivity index (χ2v) is 5.24. The summed E-state index contributed by atoms with van der Waals surface area (Å²) < 4.78 is 0. The first-order chi connectivity index (χ1) is 7.66. The van der Waals surface area contributed by atoms with Gasteiger partial charge >= 0.3 is 0 Å². The van der Waals surface area contributed by atoms with Crippen LogP contribution in [0.1, 0.15) is 17.5 Å². The molecule has 1 unspecified atom stereocenters. The van der Waals surface area contributed by atoms with Gasteiger partial charge in [0.15, 0.2) is 0 Å². The third-order valence-electron chi connectivity index (χ3n) is 2.79. The molecule has 1 atom stereocenters. The number of primary amides is 1. The van der Waals surface area contributed by atoms with E-state index < -0.39 is 11.9 Å². The van der Waals surface area contributed by atoms with E-state index in [4.69, 9.17) is 11.5 Å². The zero-order chi connectivity index (χ0) is 11.5. The highest BCUT2D eigenvalue weighted by molar-refractivity contribution is 7.99. The summed E-state index contributed by atoms with van der Waals surface area (Å²) in [6.07, 6.45) is 2.89. The van der Waals surface area contributed by atoms with E-state index in [-0.39, 0.29) is 0 Å². The zero-order valence-corrected chi connectivity index (χ0v) is 9.93.